The highest BCUT2D eigenvalue weighted by Gasteiger charge is 2.15. The maximum Gasteiger partial charge on any atom is -0.00234 e. The van der Waals surface area contributed by atoms with Gasteiger partial charge in [0.1, 0.15) is 0 Å². The first-order valence-corrected chi connectivity index (χ1v) is 5.36. The first-order valence-electron chi connectivity index (χ1n) is 5.36. The second kappa shape index (κ2) is 4.31. The molecule has 0 amide bonds. The largest absolute Gasteiger partial charge is 0.0988 e. The standard InChI is InChI=1S/C15H16/c1-3-12-10-14-8-6-5-7-9-15(14)11-13(12)4-2/h3-8H,1-2,9-11H2. The molecule has 0 atom stereocenters. The molecule has 0 nitrogen and oxygen atoms in total. The Hall–Kier alpha value is -1.56. The molecule has 0 heteroatoms. The van der Waals surface area contributed by atoms with Crippen LogP contribution < -0.4 is 0 Å². The minimum absolute atomic E-state index is 1.01. The maximum absolute atomic E-state index is 3.88. The lowest BCUT2D eigenvalue weighted by molar-refractivity contribution is 0.954. The first kappa shape index (κ1) is 9.97. The van der Waals surface area contributed by atoms with E-state index < -0.39 is 0 Å². The van der Waals surface area contributed by atoms with Gasteiger partial charge < -0.3 is 0 Å². The van der Waals surface area contributed by atoms with Crippen LogP contribution in [-0.4, -0.2) is 0 Å². The van der Waals surface area contributed by atoms with E-state index in [4.69, 9.17) is 0 Å². The summed E-state index contributed by atoms with van der Waals surface area (Å²) in [5.41, 5.74) is 5.66. The molecule has 0 aromatic carbocycles. The lowest BCUT2D eigenvalue weighted by Crippen LogP contribution is -2.01. The number of rotatable bonds is 2. The van der Waals surface area contributed by atoms with Crippen LogP contribution in [0.3, 0.4) is 0 Å². The van der Waals surface area contributed by atoms with Crippen molar-refractivity contribution >= 4 is 0 Å². The fourth-order valence-electron chi connectivity index (χ4n) is 2.15. The van der Waals surface area contributed by atoms with Gasteiger partial charge in [-0.2, -0.15) is 0 Å². The molecule has 0 fully saturated rings. The van der Waals surface area contributed by atoms with E-state index >= 15 is 0 Å². The van der Waals surface area contributed by atoms with Crippen LogP contribution >= 0.6 is 0 Å². The van der Waals surface area contributed by atoms with Gasteiger partial charge in [-0.1, -0.05) is 55.2 Å². The molecule has 0 heterocycles. The summed E-state index contributed by atoms with van der Waals surface area (Å²) in [6.07, 6.45) is 15.8. The lowest BCUT2D eigenvalue weighted by atomic mass is 9.85. The van der Waals surface area contributed by atoms with E-state index in [9.17, 15) is 0 Å². The highest BCUT2D eigenvalue weighted by molar-refractivity contribution is 5.48. The Morgan fingerprint density at radius 3 is 2.47 bits per heavy atom. The van der Waals surface area contributed by atoms with Gasteiger partial charge >= 0.3 is 0 Å². The Morgan fingerprint density at radius 1 is 1.00 bits per heavy atom. The van der Waals surface area contributed by atoms with Gasteiger partial charge in [0.15, 0.2) is 0 Å². The van der Waals surface area contributed by atoms with Crippen LogP contribution in [0.2, 0.25) is 0 Å². The second-order valence-electron chi connectivity index (χ2n) is 3.93. The predicted octanol–water partition coefficient (Wildman–Crippen LogP) is 4.26. The van der Waals surface area contributed by atoms with Crippen molar-refractivity contribution in [2.75, 3.05) is 0 Å². The van der Waals surface area contributed by atoms with Gasteiger partial charge in [0.25, 0.3) is 0 Å². The molecular weight excluding hydrogens is 180 g/mol. The van der Waals surface area contributed by atoms with Crippen LogP contribution in [0.25, 0.3) is 0 Å². The molecule has 2 rings (SSSR count). The van der Waals surface area contributed by atoms with Gasteiger partial charge in [-0.15, -0.1) is 0 Å². The molecule has 0 unspecified atom stereocenters. The van der Waals surface area contributed by atoms with Crippen molar-refractivity contribution < 1.29 is 0 Å². The Bertz CT molecular complexity index is 411. The van der Waals surface area contributed by atoms with Gasteiger partial charge in [-0.05, 0) is 36.0 Å². The average molecular weight is 196 g/mol. The van der Waals surface area contributed by atoms with Crippen molar-refractivity contribution in [3.63, 3.8) is 0 Å². The first-order chi connectivity index (χ1) is 7.35. The fraction of sp³-hybridized carbons (Fsp3) is 0.200. The molecule has 0 saturated carbocycles. The molecule has 15 heavy (non-hydrogen) atoms. The highest BCUT2D eigenvalue weighted by Crippen LogP contribution is 2.34. The zero-order valence-electron chi connectivity index (χ0n) is 9.00. The van der Waals surface area contributed by atoms with Crippen molar-refractivity contribution in [3.8, 4) is 0 Å². The predicted molar refractivity (Wildman–Crippen MR) is 66.6 cm³/mol. The van der Waals surface area contributed by atoms with Crippen LogP contribution in [0.1, 0.15) is 19.3 Å². The van der Waals surface area contributed by atoms with Crippen LogP contribution in [0.4, 0.5) is 0 Å². The topological polar surface area (TPSA) is 0 Å². The quantitative estimate of drug-likeness (QED) is 0.619. The molecule has 0 bridgehead atoms. The summed E-state index contributed by atoms with van der Waals surface area (Å²) in [6.45, 7) is 7.75. The van der Waals surface area contributed by atoms with Crippen molar-refractivity contribution in [1.82, 2.24) is 0 Å². The minimum Gasteiger partial charge on any atom is -0.0988 e. The Balaban J connectivity index is 2.33. The Labute approximate surface area is 91.7 Å². The van der Waals surface area contributed by atoms with Crippen LogP contribution in [0.15, 0.2) is 71.9 Å². The van der Waals surface area contributed by atoms with E-state index in [1.165, 1.54) is 22.3 Å². The normalized spacial score (nSPS) is 20.0. The zero-order valence-corrected chi connectivity index (χ0v) is 9.00. The molecule has 0 aromatic rings. The van der Waals surface area contributed by atoms with Gasteiger partial charge in [0, 0.05) is 0 Å². The van der Waals surface area contributed by atoms with Crippen molar-refractivity contribution in [3.05, 3.63) is 71.9 Å². The summed E-state index contributed by atoms with van der Waals surface area (Å²) in [5, 5.41) is 0. The maximum atomic E-state index is 3.88. The molecule has 0 aromatic heterocycles. The SMILES string of the molecule is C=CC1=C(C=C)CC2=C(C=CC=CC2)C1. The van der Waals surface area contributed by atoms with Crippen molar-refractivity contribution in [1.29, 1.82) is 0 Å². The number of hydrogen-bond acceptors (Lipinski definition) is 0. The van der Waals surface area contributed by atoms with E-state index in [1.54, 1.807) is 0 Å². The molecule has 0 aliphatic heterocycles. The highest BCUT2D eigenvalue weighted by atomic mass is 14.2. The zero-order chi connectivity index (χ0) is 10.7. The van der Waals surface area contributed by atoms with E-state index in [0.717, 1.165) is 19.3 Å². The third-order valence-corrected chi connectivity index (χ3v) is 3.05. The Kier molecular flexibility index (Phi) is 2.86. The van der Waals surface area contributed by atoms with Gasteiger partial charge in [-0.3, -0.25) is 0 Å². The van der Waals surface area contributed by atoms with Crippen LogP contribution in [0, 0.1) is 0 Å². The van der Waals surface area contributed by atoms with Crippen LogP contribution in [-0.2, 0) is 0 Å². The molecule has 0 saturated heterocycles. The number of hydrogen-bond donors (Lipinski definition) is 0. The van der Waals surface area contributed by atoms with Crippen molar-refractivity contribution in [2.24, 2.45) is 0 Å². The van der Waals surface area contributed by atoms with E-state index in [-0.39, 0.29) is 0 Å². The Morgan fingerprint density at radius 2 is 1.73 bits per heavy atom. The van der Waals surface area contributed by atoms with Gasteiger partial charge in [0.05, 0.1) is 0 Å². The average Bonchev–Trinajstić information content (AvgIpc) is 2.51. The van der Waals surface area contributed by atoms with Crippen molar-refractivity contribution in [2.45, 2.75) is 19.3 Å². The van der Waals surface area contributed by atoms with Gasteiger partial charge in [0.2, 0.25) is 0 Å². The monoisotopic (exact) mass is 196 g/mol. The second-order valence-corrected chi connectivity index (χ2v) is 3.93. The third kappa shape index (κ3) is 1.94. The van der Waals surface area contributed by atoms with E-state index in [2.05, 4.69) is 37.5 Å². The number of allylic oxidation sites excluding steroid dienone is 10. The summed E-state index contributed by atoms with van der Waals surface area (Å²) in [6, 6.07) is 0. The molecule has 0 N–H and O–H groups in total. The fourth-order valence-corrected chi connectivity index (χ4v) is 2.15. The van der Waals surface area contributed by atoms with E-state index in [1.807, 2.05) is 12.2 Å². The molecule has 76 valence electrons. The summed E-state index contributed by atoms with van der Waals surface area (Å²) in [7, 11) is 0. The molecule has 0 radical (unpaired) electrons. The summed E-state index contributed by atoms with van der Waals surface area (Å²) in [5.74, 6) is 0. The summed E-state index contributed by atoms with van der Waals surface area (Å²) >= 11 is 0. The summed E-state index contributed by atoms with van der Waals surface area (Å²) < 4.78 is 0. The van der Waals surface area contributed by atoms with Gasteiger partial charge in [-0.25, -0.2) is 0 Å². The van der Waals surface area contributed by atoms with Crippen LogP contribution in [0.5, 0.6) is 0 Å². The molecule has 0 spiro atoms. The lowest BCUT2D eigenvalue weighted by Gasteiger charge is -2.20. The van der Waals surface area contributed by atoms with E-state index in [0.29, 0.717) is 0 Å². The summed E-state index contributed by atoms with van der Waals surface area (Å²) in [4.78, 5) is 0. The third-order valence-electron chi connectivity index (χ3n) is 3.05. The molecular formula is C15H16. The minimum atomic E-state index is 1.01. The molecule has 2 aliphatic carbocycles. The smallest absolute Gasteiger partial charge is 0.00234 e. The molecule has 2 aliphatic rings.